The molecule has 0 radical (unpaired) electrons. The third-order valence-corrected chi connectivity index (χ3v) is 2.54. The van der Waals surface area contributed by atoms with E-state index in [9.17, 15) is 5.11 Å². The molecule has 1 heterocycles. The number of rotatable bonds is 1. The highest BCUT2D eigenvalue weighted by atomic mass is 16.3. The number of hydrogen-bond acceptors (Lipinski definition) is 2. The van der Waals surface area contributed by atoms with Crippen LogP contribution in [-0.2, 0) is 0 Å². The van der Waals surface area contributed by atoms with E-state index in [0.29, 0.717) is 5.69 Å². The molecule has 0 unspecified atom stereocenters. The van der Waals surface area contributed by atoms with Gasteiger partial charge in [0.05, 0.1) is 11.4 Å². The zero-order valence-electron chi connectivity index (χ0n) is 9.15. The Kier molecular flexibility index (Phi) is 2.23. The first-order valence-electron chi connectivity index (χ1n) is 4.92. The van der Waals surface area contributed by atoms with Gasteiger partial charge in [-0.15, -0.1) is 0 Å². The van der Waals surface area contributed by atoms with Gasteiger partial charge in [-0.1, -0.05) is 18.2 Å². The molecule has 0 aliphatic heterocycles. The van der Waals surface area contributed by atoms with Crippen molar-refractivity contribution in [2.75, 3.05) is 0 Å². The summed E-state index contributed by atoms with van der Waals surface area (Å²) in [6.45, 7) is 5.71. The van der Waals surface area contributed by atoms with Crippen molar-refractivity contribution in [3.63, 3.8) is 0 Å². The first kappa shape index (κ1) is 9.77. The van der Waals surface area contributed by atoms with E-state index in [2.05, 4.69) is 4.98 Å². The van der Waals surface area contributed by atoms with Crippen LogP contribution in [0, 0.1) is 20.8 Å². The van der Waals surface area contributed by atoms with Crippen molar-refractivity contribution in [1.29, 1.82) is 0 Å². The lowest BCUT2D eigenvalue weighted by Crippen LogP contribution is -1.98. The fraction of sp³-hybridized carbons (Fsp3) is 0.250. The highest BCUT2D eigenvalue weighted by Crippen LogP contribution is 2.25. The molecule has 0 bridgehead atoms. The van der Waals surface area contributed by atoms with Crippen LogP contribution in [0.5, 0.6) is 5.88 Å². The molecule has 0 aliphatic rings. The summed E-state index contributed by atoms with van der Waals surface area (Å²) in [5.41, 5.74) is 2.76. The van der Waals surface area contributed by atoms with Gasteiger partial charge in [0.2, 0.25) is 5.88 Å². The smallest absolute Gasteiger partial charge is 0.219 e. The van der Waals surface area contributed by atoms with Crippen molar-refractivity contribution in [3.05, 3.63) is 41.3 Å². The molecule has 0 amide bonds. The van der Waals surface area contributed by atoms with E-state index in [1.165, 1.54) is 0 Å². The van der Waals surface area contributed by atoms with E-state index in [1.54, 1.807) is 11.5 Å². The van der Waals surface area contributed by atoms with Crippen LogP contribution in [0.3, 0.4) is 0 Å². The van der Waals surface area contributed by atoms with Gasteiger partial charge >= 0.3 is 0 Å². The predicted molar refractivity (Wildman–Crippen MR) is 59.4 cm³/mol. The Bertz CT molecular complexity index is 500. The maximum absolute atomic E-state index is 9.90. The van der Waals surface area contributed by atoms with Crippen LogP contribution >= 0.6 is 0 Å². The molecule has 0 spiro atoms. The van der Waals surface area contributed by atoms with E-state index in [1.807, 2.05) is 38.1 Å². The highest BCUT2D eigenvalue weighted by Gasteiger charge is 2.12. The third-order valence-electron chi connectivity index (χ3n) is 2.54. The van der Waals surface area contributed by atoms with Gasteiger partial charge in [0.15, 0.2) is 0 Å². The van der Waals surface area contributed by atoms with Gasteiger partial charge in [-0.25, -0.2) is 4.98 Å². The molecule has 3 nitrogen and oxygen atoms in total. The summed E-state index contributed by atoms with van der Waals surface area (Å²) < 4.78 is 1.77. The number of para-hydroxylation sites is 1. The minimum Gasteiger partial charge on any atom is -0.493 e. The molecule has 0 atom stereocenters. The molecule has 2 aromatic rings. The maximum Gasteiger partial charge on any atom is 0.219 e. The average molecular weight is 202 g/mol. The highest BCUT2D eigenvalue weighted by molar-refractivity contribution is 5.45. The molecule has 0 fully saturated rings. The molecule has 1 aromatic carbocycles. The van der Waals surface area contributed by atoms with Crippen LogP contribution in [0.2, 0.25) is 0 Å². The Morgan fingerprint density at radius 3 is 2.33 bits per heavy atom. The van der Waals surface area contributed by atoms with Crippen molar-refractivity contribution in [3.8, 4) is 11.6 Å². The lowest BCUT2D eigenvalue weighted by molar-refractivity contribution is 0.437. The Morgan fingerprint density at radius 2 is 1.80 bits per heavy atom. The fourth-order valence-electron chi connectivity index (χ4n) is 1.76. The molecular formula is C12H14N2O. The largest absolute Gasteiger partial charge is 0.493 e. The minimum absolute atomic E-state index is 0.224. The molecular weight excluding hydrogens is 188 g/mol. The third kappa shape index (κ3) is 1.50. The summed E-state index contributed by atoms with van der Waals surface area (Å²) >= 11 is 0. The minimum atomic E-state index is 0.224. The summed E-state index contributed by atoms with van der Waals surface area (Å²) in [4.78, 5) is 4.24. The van der Waals surface area contributed by atoms with Crippen LogP contribution in [-0.4, -0.2) is 14.7 Å². The summed E-state index contributed by atoms with van der Waals surface area (Å²) in [6, 6.07) is 7.93. The number of aryl methyl sites for hydroxylation is 3. The number of benzene rings is 1. The standard InChI is InChI=1S/C12H14N2O/c1-8-6-4-5-7-11(8)14-10(3)13-9(2)12(14)15/h4-7,15H,1-3H3. The van der Waals surface area contributed by atoms with Gasteiger partial charge in [0, 0.05) is 0 Å². The number of aromatic nitrogens is 2. The number of aromatic hydroxyl groups is 1. The lowest BCUT2D eigenvalue weighted by Gasteiger charge is -2.09. The summed E-state index contributed by atoms with van der Waals surface area (Å²) in [6.07, 6.45) is 0. The molecule has 1 aromatic heterocycles. The SMILES string of the molecule is Cc1ccccc1-n1c(C)nc(C)c1O. The first-order valence-corrected chi connectivity index (χ1v) is 4.92. The maximum atomic E-state index is 9.90. The molecule has 15 heavy (non-hydrogen) atoms. The van der Waals surface area contributed by atoms with Gasteiger partial charge < -0.3 is 5.11 Å². The van der Waals surface area contributed by atoms with Gasteiger partial charge in [0.1, 0.15) is 5.82 Å². The molecule has 1 N–H and O–H groups in total. The second-order valence-corrected chi connectivity index (χ2v) is 3.69. The van der Waals surface area contributed by atoms with Crippen molar-refractivity contribution >= 4 is 0 Å². The number of hydrogen-bond donors (Lipinski definition) is 1. The quantitative estimate of drug-likeness (QED) is 0.771. The van der Waals surface area contributed by atoms with Crippen LogP contribution < -0.4 is 0 Å². The van der Waals surface area contributed by atoms with E-state index < -0.39 is 0 Å². The zero-order valence-corrected chi connectivity index (χ0v) is 9.15. The first-order chi connectivity index (χ1) is 7.11. The molecule has 2 rings (SSSR count). The Hall–Kier alpha value is -1.77. The van der Waals surface area contributed by atoms with Crippen molar-refractivity contribution in [1.82, 2.24) is 9.55 Å². The molecule has 78 valence electrons. The van der Waals surface area contributed by atoms with Crippen molar-refractivity contribution < 1.29 is 5.11 Å². The van der Waals surface area contributed by atoms with Crippen LogP contribution in [0.25, 0.3) is 5.69 Å². The second-order valence-electron chi connectivity index (χ2n) is 3.69. The lowest BCUT2D eigenvalue weighted by atomic mass is 10.2. The van der Waals surface area contributed by atoms with E-state index >= 15 is 0 Å². The molecule has 0 saturated heterocycles. The van der Waals surface area contributed by atoms with Crippen LogP contribution in [0.4, 0.5) is 0 Å². The normalized spacial score (nSPS) is 10.6. The van der Waals surface area contributed by atoms with Crippen molar-refractivity contribution in [2.45, 2.75) is 20.8 Å². The summed E-state index contributed by atoms with van der Waals surface area (Å²) in [5, 5.41) is 9.90. The monoisotopic (exact) mass is 202 g/mol. The van der Waals surface area contributed by atoms with E-state index in [-0.39, 0.29) is 5.88 Å². The van der Waals surface area contributed by atoms with Gasteiger partial charge in [0.25, 0.3) is 0 Å². The predicted octanol–water partition coefficient (Wildman–Crippen LogP) is 2.50. The fourth-order valence-corrected chi connectivity index (χ4v) is 1.76. The topological polar surface area (TPSA) is 38.0 Å². The Morgan fingerprint density at radius 1 is 1.13 bits per heavy atom. The Labute approximate surface area is 89.0 Å². The van der Waals surface area contributed by atoms with Crippen molar-refractivity contribution in [2.24, 2.45) is 0 Å². The molecule has 0 saturated carbocycles. The molecule has 0 aliphatic carbocycles. The summed E-state index contributed by atoms with van der Waals surface area (Å²) in [7, 11) is 0. The van der Waals surface area contributed by atoms with Gasteiger partial charge in [-0.3, -0.25) is 4.57 Å². The summed E-state index contributed by atoms with van der Waals surface area (Å²) in [5.74, 6) is 1.03. The number of nitrogens with zero attached hydrogens (tertiary/aromatic N) is 2. The van der Waals surface area contributed by atoms with E-state index in [4.69, 9.17) is 0 Å². The van der Waals surface area contributed by atoms with E-state index in [0.717, 1.165) is 17.1 Å². The van der Waals surface area contributed by atoms with Crippen LogP contribution in [0.15, 0.2) is 24.3 Å². The number of imidazole rings is 1. The van der Waals surface area contributed by atoms with Gasteiger partial charge in [-0.05, 0) is 32.4 Å². The average Bonchev–Trinajstić information content (AvgIpc) is 2.43. The van der Waals surface area contributed by atoms with Gasteiger partial charge in [-0.2, -0.15) is 0 Å². The van der Waals surface area contributed by atoms with Crippen LogP contribution in [0.1, 0.15) is 17.1 Å². The Balaban J connectivity index is 2.69. The molecule has 3 heteroatoms. The second kappa shape index (κ2) is 3.42. The zero-order chi connectivity index (χ0) is 11.0.